The molecular weight excluding hydrogens is 346 g/mol. The lowest BCUT2D eigenvalue weighted by Gasteiger charge is -2.38. The van der Waals surface area contributed by atoms with E-state index in [1.165, 1.54) is 0 Å². The van der Waals surface area contributed by atoms with E-state index in [4.69, 9.17) is 19.3 Å². The summed E-state index contributed by atoms with van der Waals surface area (Å²) in [6.45, 7) is 5.38. The highest BCUT2D eigenvalue weighted by Gasteiger charge is 2.48. The topological polar surface area (TPSA) is 138 Å². The van der Waals surface area contributed by atoms with Gasteiger partial charge in [-0.1, -0.05) is 6.07 Å². The van der Waals surface area contributed by atoms with Gasteiger partial charge in [0.25, 0.3) is 0 Å². The third-order valence-corrected chi connectivity index (χ3v) is 3.94. The van der Waals surface area contributed by atoms with Crippen LogP contribution in [0.5, 0.6) is 5.75 Å². The number of benzene rings is 1. The van der Waals surface area contributed by atoms with Gasteiger partial charge in [-0.2, -0.15) is 0 Å². The molecule has 1 heterocycles. The lowest BCUT2D eigenvalue weighted by atomic mass is 9.99. The first-order valence-corrected chi connectivity index (χ1v) is 8.42. The Kier molecular flexibility index (Phi) is 7.18. The minimum absolute atomic E-state index is 0.309. The fraction of sp³-hybridized carbons (Fsp3) is 0.588. The molecule has 0 amide bonds. The molecule has 0 bridgehead atoms. The molecule has 1 aliphatic heterocycles. The van der Waals surface area contributed by atoms with Crippen LogP contribution in [0.4, 0.5) is 5.69 Å². The van der Waals surface area contributed by atoms with Crippen molar-refractivity contribution in [1.29, 1.82) is 0 Å². The molecular formula is C17H25NO8. The van der Waals surface area contributed by atoms with Crippen molar-refractivity contribution in [2.24, 2.45) is 0 Å². The lowest BCUT2D eigenvalue weighted by molar-refractivity contribution is -0.271. The fourth-order valence-corrected chi connectivity index (χ4v) is 2.59. The van der Waals surface area contributed by atoms with Crippen LogP contribution in [0.15, 0.2) is 18.2 Å². The molecule has 0 unspecified atom stereocenters. The molecule has 2 rings (SSSR count). The highest BCUT2D eigenvalue weighted by Crippen LogP contribution is 2.30. The van der Waals surface area contributed by atoms with E-state index in [-0.39, 0.29) is 0 Å². The van der Waals surface area contributed by atoms with Crippen LogP contribution in [0.2, 0.25) is 0 Å². The van der Waals surface area contributed by atoms with Crippen LogP contribution in [-0.2, 0) is 20.9 Å². The van der Waals surface area contributed by atoms with Crippen LogP contribution < -0.4 is 10.1 Å². The van der Waals surface area contributed by atoms with Crippen molar-refractivity contribution in [2.75, 3.05) is 18.5 Å². The van der Waals surface area contributed by atoms with Gasteiger partial charge in [-0.05, 0) is 31.5 Å². The monoisotopic (exact) mass is 371 g/mol. The molecule has 146 valence electrons. The largest absolute Gasteiger partial charge is 0.479 e. The van der Waals surface area contributed by atoms with Crippen molar-refractivity contribution in [3.05, 3.63) is 23.8 Å². The molecule has 0 saturated carbocycles. The normalized spacial score (nSPS) is 28.6. The van der Waals surface area contributed by atoms with Gasteiger partial charge in [-0.15, -0.1) is 0 Å². The van der Waals surface area contributed by atoms with Crippen LogP contribution in [0, 0.1) is 0 Å². The lowest BCUT2D eigenvalue weighted by Crippen LogP contribution is -2.61. The quantitative estimate of drug-likeness (QED) is 0.425. The molecule has 1 aromatic rings. The van der Waals surface area contributed by atoms with E-state index in [9.17, 15) is 20.1 Å². The molecule has 5 atom stereocenters. The van der Waals surface area contributed by atoms with E-state index in [1.807, 2.05) is 19.9 Å². The summed E-state index contributed by atoms with van der Waals surface area (Å²) < 4.78 is 16.1. The SMILES string of the molecule is CCNc1cc(COCC)ccc1O[C@@H]1O[C@H](C(=O)O)[C@@H](O)[C@H](O)[C@H]1O. The third-order valence-electron chi connectivity index (χ3n) is 3.94. The molecule has 0 spiro atoms. The van der Waals surface area contributed by atoms with Crippen molar-refractivity contribution in [2.45, 2.75) is 51.2 Å². The van der Waals surface area contributed by atoms with Gasteiger partial charge in [-0.3, -0.25) is 0 Å². The van der Waals surface area contributed by atoms with E-state index >= 15 is 0 Å². The zero-order chi connectivity index (χ0) is 19.3. The second kappa shape index (κ2) is 9.15. The number of anilines is 1. The molecule has 1 aliphatic rings. The first kappa shape index (κ1) is 20.4. The first-order valence-electron chi connectivity index (χ1n) is 8.42. The number of carboxylic acids is 1. The Hall–Kier alpha value is -1.91. The van der Waals surface area contributed by atoms with Gasteiger partial charge in [0.2, 0.25) is 6.29 Å². The maximum atomic E-state index is 11.2. The van der Waals surface area contributed by atoms with Gasteiger partial charge >= 0.3 is 5.97 Å². The standard InChI is InChI=1S/C17H25NO8/c1-3-18-10-7-9(8-24-4-2)5-6-11(10)25-17-14(21)12(19)13(20)15(26-17)16(22)23/h5-7,12-15,17-21H,3-4,8H2,1-2H3,(H,22,23)/t12-,13-,14+,15-,17+/m0/s1. The van der Waals surface area contributed by atoms with Gasteiger partial charge in [0.15, 0.2) is 6.10 Å². The third kappa shape index (κ3) is 4.63. The van der Waals surface area contributed by atoms with Gasteiger partial charge in [-0.25, -0.2) is 4.79 Å². The van der Waals surface area contributed by atoms with Crippen molar-refractivity contribution in [1.82, 2.24) is 0 Å². The van der Waals surface area contributed by atoms with Crippen LogP contribution in [0.25, 0.3) is 0 Å². The Balaban J connectivity index is 2.20. The number of aliphatic carboxylic acids is 1. The predicted octanol–water partition coefficient (Wildman–Crippen LogP) is -0.0741. The number of carboxylic acid groups (broad SMARTS) is 1. The summed E-state index contributed by atoms with van der Waals surface area (Å²) in [7, 11) is 0. The van der Waals surface area contributed by atoms with Crippen LogP contribution in [0.1, 0.15) is 19.4 Å². The molecule has 0 aliphatic carbocycles. The van der Waals surface area contributed by atoms with E-state index in [0.717, 1.165) is 5.56 Å². The number of aliphatic hydroxyl groups is 3. The Morgan fingerprint density at radius 2 is 1.92 bits per heavy atom. The van der Waals surface area contributed by atoms with Crippen LogP contribution in [0.3, 0.4) is 0 Å². The van der Waals surface area contributed by atoms with Gasteiger partial charge in [0, 0.05) is 13.2 Å². The number of hydrogen-bond acceptors (Lipinski definition) is 8. The predicted molar refractivity (Wildman–Crippen MR) is 90.9 cm³/mol. The highest BCUT2D eigenvalue weighted by atomic mass is 16.7. The van der Waals surface area contributed by atoms with Crippen molar-refractivity contribution in [3.63, 3.8) is 0 Å². The molecule has 0 aromatic heterocycles. The van der Waals surface area contributed by atoms with E-state index in [0.29, 0.717) is 31.2 Å². The number of rotatable bonds is 8. The molecule has 9 heteroatoms. The van der Waals surface area contributed by atoms with Crippen LogP contribution >= 0.6 is 0 Å². The number of aliphatic hydroxyl groups excluding tert-OH is 3. The van der Waals surface area contributed by atoms with Crippen LogP contribution in [-0.4, -0.2) is 70.3 Å². The molecule has 5 N–H and O–H groups in total. The molecule has 1 saturated heterocycles. The number of carbonyl (C=O) groups is 1. The average Bonchev–Trinajstić information content (AvgIpc) is 2.61. The Labute approximate surface area is 151 Å². The summed E-state index contributed by atoms with van der Waals surface area (Å²) >= 11 is 0. The van der Waals surface area contributed by atoms with Gasteiger partial charge in [0.05, 0.1) is 12.3 Å². The fourth-order valence-electron chi connectivity index (χ4n) is 2.59. The van der Waals surface area contributed by atoms with Crippen molar-refractivity contribution < 1.29 is 39.4 Å². The average molecular weight is 371 g/mol. The highest BCUT2D eigenvalue weighted by molar-refractivity contribution is 5.73. The number of nitrogens with one attached hydrogen (secondary N) is 1. The molecule has 1 aromatic carbocycles. The summed E-state index contributed by atoms with van der Waals surface area (Å²) in [6, 6.07) is 5.21. The Bertz CT molecular complexity index is 610. The molecule has 26 heavy (non-hydrogen) atoms. The summed E-state index contributed by atoms with van der Waals surface area (Å²) in [5.41, 5.74) is 1.51. The zero-order valence-corrected chi connectivity index (χ0v) is 14.7. The van der Waals surface area contributed by atoms with Gasteiger partial charge in [0.1, 0.15) is 24.1 Å². The summed E-state index contributed by atoms with van der Waals surface area (Å²) in [5, 5.41) is 41.9. The van der Waals surface area contributed by atoms with E-state index in [1.54, 1.807) is 12.1 Å². The number of hydrogen-bond donors (Lipinski definition) is 5. The molecule has 9 nitrogen and oxygen atoms in total. The molecule has 1 fully saturated rings. The summed E-state index contributed by atoms with van der Waals surface area (Å²) in [5.74, 6) is -1.15. The van der Waals surface area contributed by atoms with E-state index in [2.05, 4.69) is 5.32 Å². The second-order valence-corrected chi connectivity index (χ2v) is 5.85. The minimum Gasteiger partial charge on any atom is -0.479 e. The first-order chi connectivity index (χ1) is 12.4. The number of ether oxygens (including phenoxy) is 3. The summed E-state index contributed by atoms with van der Waals surface area (Å²) in [6.07, 6.45) is -8.25. The maximum absolute atomic E-state index is 11.2. The van der Waals surface area contributed by atoms with Gasteiger partial charge < -0.3 is 40.0 Å². The maximum Gasteiger partial charge on any atom is 0.335 e. The second-order valence-electron chi connectivity index (χ2n) is 5.85. The minimum atomic E-state index is -1.76. The molecule has 0 radical (unpaired) electrons. The van der Waals surface area contributed by atoms with Crippen molar-refractivity contribution >= 4 is 11.7 Å². The zero-order valence-electron chi connectivity index (χ0n) is 14.7. The smallest absolute Gasteiger partial charge is 0.335 e. The van der Waals surface area contributed by atoms with Crippen molar-refractivity contribution in [3.8, 4) is 5.75 Å². The summed E-state index contributed by atoms with van der Waals surface area (Å²) in [4.78, 5) is 11.2. The Morgan fingerprint density at radius 3 is 2.54 bits per heavy atom. The van der Waals surface area contributed by atoms with E-state index < -0.39 is 36.7 Å². The Morgan fingerprint density at radius 1 is 1.19 bits per heavy atom.